The standard InChI is InChI=1S/C39H39Cl2N5O5/c1-50-37-33-20(9-12-28(33)42-17-23-11-14-32(47)43-23)15-29(44-37)26-7-3-5-24(35(26)40)25-6-4-8-27(36(25)41)30-16-21-10-13-31(34(21)38(45-30)51-2)46-18-22(19-46)39(48)49/h3-8,15-16,22-23,28,31,42H,9-14,17-19H2,1-2H3,(H,43,47)(H,48,49)/t23-,28+,31+/m0/s1. The first-order valence-electron chi connectivity index (χ1n) is 17.5. The minimum Gasteiger partial charge on any atom is -0.481 e. The zero-order valence-electron chi connectivity index (χ0n) is 28.5. The number of aliphatic carboxylic acids is 1. The number of rotatable bonds is 10. The Morgan fingerprint density at radius 1 is 0.863 bits per heavy atom. The first kappa shape index (κ1) is 33.9. The van der Waals surface area contributed by atoms with Crippen LogP contribution in [0.25, 0.3) is 33.6 Å². The van der Waals surface area contributed by atoms with Crippen molar-refractivity contribution in [3.63, 3.8) is 0 Å². The quantitative estimate of drug-likeness (QED) is 0.164. The van der Waals surface area contributed by atoms with Crippen LogP contribution in [0.2, 0.25) is 10.0 Å². The number of amides is 1. The number of nitrogens with zero attached hydrogens (tertiary/aromatic N) is 3. The summed E-state index contributed by atoms with van der Waals surface area (Å²) >= 11 is 14.4. The highest BCUT2D eigenvalue weighted by Crippen LogP contribution is 2.47. The molecule has 2 aromatic carbocycles. The smallest absolute Gasteiger partial charge is 0.309 e. The lowest BCUT2D eigenvalue weighted by atomic mass is 9.95. The lowest BCUT2D eigenvalue weighted by molar-refractivity contribution is -0.148. The van der Waals surface area contributed by atoms with E-state index in [0.29, 0.717) is 53.6 Å². The number of hydrogen-bond donors (Lipinski definition) is 3. The van der Waals surface area contributed by atoms with Crippen molar-refractivity contribution in [2.75, 3.05) is 33.9 Å². The molecule has 12 heteroatoms. The number of aryl methyl sites for hydroxylation is 2. The first-order chi connectivity index (χ1) is 24.7. The number of carboxylic acid groups (broad SMARTS) is 1. The Balaban J connectivity index is 1.09. The Kier molecular flexibility index (Phi) is 9.12. The van der Waals surface area contributed by atoms with Crippen molar-refractivity contribution in [1.29, 1.82) is 0 Å². The molecule has 2 fully saturated rings. The highest BCUT2D eigenvalue weighted by molar-refractivity contribution is 6.39. The van der Waals surface area contributed by atoms with Gasteiger partial charge in [-0.3, -0.25) is 14.5 Å². The number of nitrogens with one attached hydrogen (secondary N) is 2. The molecule has 2 aromatic heterocycles. The monoisotopic (exact) mass is 727 g/mol. The van der Waals surface area contributed by atoms with Crippen LogP contribution in [0.5, 0.6) is 11.8 Å². The molecule has 0 unspecified atom stereocenters. The average Bonchev–Trinajstić information content (AvgIpc) is 3.84. The van der Waals surface area contributed by atoms with Gasteiger partial charge in [0.1, 0.15) is 0 Å². The SMILES string of the molecule is COc1nc(-c2cccc(-c3cccc(-c4cc5c(c(OC)n4)[C@H](NC[C@@H]4CCC(=O)N4)CC5)c3Cl)c2Cl)cc2c1[C@H](N1CC(C(=O)O)C1)CC2. The number of fused-ring (bicyclic) bond motifs is 2. The van der Waals surface area contributed by atoms with Gasteiger partial charge >= 0.3 is 5.97 Å². The second kappa shape index (κ2) is 13.7. The zero-order valence-corrected chi connectivity index (χ0v) is 30.0. The number of ether oxygens (including phenoxy) is 2. The first-order valence-corrected chi connectivity index (χ1v) is 18.2. The van der Waals surface area contributed by atoms with E-state index >= 15 is 0 Å². The molecule has 0 spiro atoms. The molecule has 3 atom stereocenters. The topological polar surface area (TPSA) is 126 Å². The summed E-state index contributed by atoms with van der Waals surface area (Å²) in [5.74, 6) is 0.158. The van der Waals surface area contributed by atoms with Gasteiger partial charge in [0.15, 0.2) is 0 Å². The minimum atomic E-state index is -0.747. The fourth-order valence-corrected chi connectivity index (χ4v) is 8.91. The number of halogens is 2. The second-order valence-corrected chi connectivity index (χ2v) is 14.6. The molecule has 4 aromatic rings. The van der Waals surface area contributed by atoms with Crippen LogP contribution >= 0.6 is 23.2 Å². The zero-order chi connectivity index (χ0) is 35.4. The van der Waals surface area contributed by atoms with E-state index in [1.807, 2.05) is 36.4 Å². The fraction of sp³-hybridized carbons (Fsp3) is 0.385. The van der Waals surface area contributed by atoms with E-state index in [9.17, 15) is 14.7 Å². The van der Waals surface area contributed by atoms with Crippen LogP contribution in [0.4, 0.5) is 0 Å². The normalized spacial score (nSPS) is 21.3. The van der Waals surface area contributed by atoms with Crippen LogP contribution in [0.1, 0.15) is 60.0 Å². The molecule has 0 saturated carbocycles. The summed E-state index contributed by atoms with van der Waals surface area (Å²) < 4.78 is 11.7. The molecule has 10 nitrogen and oxygen atoms in total. The van der Waals surface area contributed by atoms with Gasteiger partial charge in [0.25, 0.3) is 0 Å². The third-order valence-corrected chi connectivity index (χ3v) is 11.7. The molecule has 0 bridgehead atoms. The Hall–Kier alpha value is -4.22. The highest BCUT2D eigenvalue weighted by atomic mass is 35.5. The molecule has 51 heavy (non-hydrogen) atoms. The van der Waals surface area contributed by atoms with E-state index in [2.05, 4.69) is 27.7 Å². The largest absolute Gasteiger partial charge is 0.481 e. The Labute approximate surface area is 306 Å². The van der Waals surface area contributed by atoms with Gasteiger partial charge < -0.3 is 25.2 Å². The van der Waals surface area contributed by atoms with E-state index < -0.39 is 5.97 Å². The molecule has 2 aliphatic heterocycles. The van der Waals surface area contributed by atoms with Crippen LogP contribution in [-0.4, -0.2) is 71.7 Å². The number of carbonyl (C=O) groups excluding carboxylic acids is 1. The number of pyridine rings is 2. The van der Waals surface area contributed by atoms with E-state index in [-0.39, 0.29) is 30.0 Å². The maximum Gasteiger partial charge on any atom is 0.309 e. The molecule has 3 N–H and O–H groups in total. The number of methoxy groups -OCH3 is 2. The van der Waals surface area contributed by atoms with Gasteiger partial charge in [-0.05, 0) is 55.4 Å². The van der Waals surface area contributed by atoms with Crippen molar-refractivity contribution in [1.82, 2.24) is 25.5 Å². The number of aromatic nitrogens is 2. The van der Waals surface area contributed by atoms with Crippen molar-refractivity contribution in [2.45, 2.75) is 56.7 Å². The van der Waals surface area contributed by atoms with Gasteiger partial charge in [-0.25, -0.2) is 9.97 Å². The third-order valence-electron chi connectivity index (χ3n) is 10.9. The van der Waals surface area contributed by atoms with Gasteiger partial charge in [-0.2, -0.15) is 0 Å². The number of hydrogen-bond acceptors (Lipinski definition) is 8. The van der Waals surface area contributed by atoms with Crippen molar-refractivity contribution in [2.24, 2.45) is 5.92 Å². The lowest BCUT2D eigenvalue weighted by Gasteiger charge is -2.41. The lowest BCUT2D eigenvalue weighted by Crippen LogP contribution is -2.51. The molecule has 4 aliphatic rings. The van der Waals surface area contributed by atoms with E-state index in [1.165, 1.54) is 5.56 Å². The van der Waals surface area contributed by atoms with Gasteiger partial charge in [-0.1, -0.05) is 59.6 Å². The average molecular weight is 729 g/mol. The van der Waals surface area contributed by atoms with Gasteiger partial charge in [0, 0.05) is 77.6 Å². The van der Waals surface area contributed by atoms with E-state index in [4.69, 9.17) is 42.6 Å². The van der Waals surface area contributed by atoms with Crippen LogP contribution < -0.4 is 20.1 Å². The number of carbonyl (C=O) groups is 2. The summed E-state index contributed by atoms with van der Waals surface area (Å²) in [6.45, 7) is 1.77. The minimum absolute atomic E-state index is 0.0882. The van der Waals surface area contributed by atoms with E-state index in [1.54, 1.807) is 14.2 Å². The molecule has 8 rings (SSSR count). The summed E-state index contributed by atoms with van der Waals surface area (Å²) in [5.41, 5.74) is 8.94. The maximum absolute atomic E-state index is 11.7. The number of carboxylic acids is 1. The highest BCUT2D eigenvalue weighted by Gasteiger charge is 2.41. The van der Waals surface area contributed by atoms with Crippen molar-refractivity contribution in [3.8, 4) is 45.4 Å². The van der Waals surface area contributed by atoms with Gasteiger partial charge in [-0.15, -0.1) is 0 Å². The third kappa shape index (κ3) is 6.12. The summed E-state index contributed by atoms with van der Waals surface area (Å²) in [4.78, 5) is 35.2. The van der Waals surface area contributed by atoms with Crippen molar-refractivity contribution < 1.29 is 24.2 Å². The maximum atomic E-state index is 11.7. The number of likely N-dealkylation sites (tertiary alicyclic amines) is 1. The van der Waals surface area contributed by atoms with Crippen LogP contribution in [0.15, 0.2) is 48.5 Å². The summed E-state index contributed by atoms with van der Waals surface area (Å²) in [6, 6.07) is 16.3. The summed E-state index contributed by atoms with van der Waals surface area (Å²) in [6.07, 6.45) is 4.95. The molecule has 264 valence electrons. The van der Waals surface area contributed by atoms with Crippen LogP contribution in [0, 0.1) is 5.92 Å². The molecule has 0 radical (unpaired) electrons. The van der Waals surface area contributed by atoms with Crippen LogP contribution in [-0.2, 0) is 22.4 Å². The van der Waals surface area contributed by atoms with Gasteiger partial charge in [0.05, 0.1) is 41.6 Å². The fourth-order valence-electron chi connectivity index (χ4n) is 8.26. The van der Waals surface area contributed by atoms with Crippen LogP contribution in [0.3, 0.4) is 0 Å². The summed E-state index contributed by atoms with van der Waals surface area (Å²) in [7, 11) is 3.27. The second-order valence-electron chi connectivity index (χ2n) is 13.9. The molecule has 2 saturated heterocycles. The van der Waals surface area contributed by atoms with Crippen molar-refractivity contribution >= 4 is 35.1 Å². The summed E-state index contributed by atoms with van der Waals surface area (Å²) in [5, 5.41) is 17.1. The molecule has 2 aliphatic carbocycles. The molecular formula is C39H39Cl2N5O5. The van der Waals surface area contributed by atoms with E-state index in [0.717, 1.165) is 76.7 Å². The molecule has 1 amide bonds. The Morgan fingerprint density at radius 2 is 1.43 bits per heavy atom. The predicted molar refractivity (Wildman–Crippen MR) is 195 cm³/mol. The predicted octanol–water partition coefficient (Wildman–Crippen LogP) is 6.66. The van der Waals surface area contributed by atoms with Crippen molar-refractivity contribution in [3.05, 3.63) is 80.8 Å². The van der Waals surface area contributed by atoms with Gasteiger partial charge in [0.2, 0.25) is 17.7 Å². The Bertz CT molecular complexity index is 2050. The number of benzene rings is 2. The molecule has 4 heterocycles. The Morgan fingerprint density at radius 3 is 2.00 bits per heavy atom. The molecular weight excluding hydrogens is 689 g/mol.